The number of benzene rings is 1. The van der Waals surface area contributed by atoms with Gasteiger partial charge >= 0.3 is 0 Å². The zero-order valence-electron chi connectivity index (χ0n) is 8.67. The van der Waals surface area contributed by atoms with Gasteiger partial charge in [0.15, 0.2) is 0 Å². The number of rotatable bonds is 2. The molecule has 1 heterocycles. The summed E-state index contributed by atoms with van der Waals surface area (Å²) in [4.78, 5) is 16.1. The van der Waals surface area contributed by atoms with Crippen LogP contribution in [0.1, 0.15) is 22.3 Å². The maximum atomic E-state index is 11.5. The molecule has 1 aliphatic rings. The molecule has 0 radical (unpaired) electrons. The van der Waals surface area contributed by atoms with Gasteiger partial charge in [-0.3, -0.25) is 9.63 Å². The Balaban J connectivity index is 2.24. The first-order valence-corrected chi connectivity index (χ1v) is 5.01. The molecular formula is C11H14N2O2. The summed E-state index contributed by atoms with van der Waals surface area (Å²) in [6, 6.07) is 5.65. The number of aryl methyl sites for hydroxylation is 1. The molecule has 1 aromatic rings. The largest absolute Gasteiger partial charge is 0.385 e. The number of fused-ring (bicyclic) bond motifs is 1. The Morgan fingerprint density at radius 1 is 1.53 bits per heavy atom. The fraction of sp³-hybridized carbons (Fsp3) is 0.364. The molecule has 0 atom stereocenters. The van der Waals surface area contributed by atoms with Crippen molar-refractivity contribution in [3.05, 3.63) is 29.3 Å². The van der Waals surface area contributed by atoms with Gasteiger partial charge in [0.1, 0.15) is 0 Å². The van der Waals surface area contributed by atoms with E-state index in [9.17, 15) is 4.79 Å². The van der Waals surface area contributed by atoms with Crippen LogP contribution in [0.2, 0.25) is 0 Å². The number of hydroxylamine groups is 1. The van der Waals surface area contributed by atoms with Crippen molar-refractivity contribution in [3.8, 4) is 0 Å². The molecule has 4 heteroatoms. The van der Waals surface area contributed by atoms with Gasteiger partial charge in [-0.05, 0) is 36.6 Å². The predicted octanol–water partition coefficient (Wildman–Crippen LogP) is 1.34. The van der Waals surface area contributed by atoms with Gasteiger partial charge < -0.3 is 5.32 Å². The standard InChI is InChI=1S/C11H14N2O2/c1-15-13-11(14)9-4-5-10-8(7-9)3-2-6-12-10/h4-5,7,12H,2-3,6H2,1H3,(H,13,14). The van der Waals surface area contributed by atoms with E-state index >= 15 is 0 Å². The summed E-state index contributed by atoms with van der Waals surface area (Å²) < 4.78 is 0. The SMILES string of the molecule is CONC(=O)c1ccc2c(c1)CCCN2. The van der Waals surface area contributed by atoms with Crippen molar-refractivity contribution in [2.45, 2.75) is 12.8 Å². The lowest BCUT2D eigenvalue weighted by molar-refractivity contribution is 0.0537. The molecule has 0 fully saturated rings. The van der Waals surface area contributed by atoms with Crippen LogP contribution in [-0.2, 0) is 11.3 Å². The third kappa shape index (κ3) is 2.10. The zero-order valence-corrected chi connectivity index (χ0v) is 8.67. The summed E-state index contributed by atoms with van der Waals surface area (Å²) in [7, 11) is 1.43. The molecule has 0 saturated carbocycles. The highest BCUT2D eigenvalue weighted by Gasteiger charge is 2.11. The Kier molecular flexibility index (Phi) is 2.87. The van der Waals surface area contributed by atoms with Crippen LogP contribution in [0.15, 0.2) is 18.2 Å². The molecule has 0 aliphatic carbocycles. The summed E-state index contributed by atoms with van der Waals surface area (Å²) in [5.74, 6) is -0.203. The number of amides is 1. The average molecular weight is 206 g/mol. The Morgan fingerprint density at radius 2 is 2.40 bits per heavy atom. The molecule has 0 spiro atoms. The third-order valence-corrected chi connectivity index (χ3v) is 2.50. The van der Waals surface area contributed by atoms with Crippen LogP contribution in [0, 0.1) is 0 Å². The van der Waals surface area contributed by atoms with E-state index in [0.29, 0.717) is 5.56 Å². The Morgan fingerprint density at radius 3 is 3.20 bits per heavy atom. The molecule has 4 nitrogen and oxygen atoms in total. The Hall–Kier alpha value is -1.55. The number of hydrogen-bond donors (Lipinski definition) is 2. The third-order valence-electron chi connectivity index (χ3n) is 2.50. The van der Waals surface area contributed by atoms with Gasteiger partial charge in [-0.1, -0.05) is 0 Å². The second-order valence-electron chi connectivity index (χ2n) is 3.54. The predicted molar refractivity (Wildman–Crippen MR) is 57.7 cm³/mol. The zero-order chi connectivity index (χ0) is 10.7. The normalized spacial score (nSPS) is 13.9. The van der Waals surface area contributed by atoms with Crippen molar-refractivity contribution < 1.29 is 9.63 Å². The van der Waals surface area contributed by atoms with E-state index in [0.717, 1.165) is 25.1 Å². The molecule has 2 rings (SSSR count). The lowest BCUT2D eigenvalue weighted by Gasteiger charge is -2.18. The first-order valence-electron chi connectivity index (χ1n) is 5.01. The highest BCUT2D eigenvalue weighted by molar-refractivity contribution is 5.94. The minimum absolute atomic E-state index is 0.203. The van der Waals surface area contributed by atoms with Crippen molar-refractivity contribution in [2.24, 2.45) is 0 Å². The number of carbonyl (C=O) groups is 1. The molecule has 1 amide bonds. The van der Waals surface area contributed by atoms with Crippen molar-refractivity contribution in [3.63, 3.8) is 0 Å². The van der Waals surface area contributed by atoms with Crippen LogP contribution in [0.5, 0.6) is 0 Å². The fourth-order valence-electron chi connectivity index (χ4n) is 1.77. The van der Waals surface area contributed by atoms with Crippen LogP contribution >= 0.6 is 0 Å². The van der Waals surface area contributed by atoms with Gasteiger partial charge in [-0.25, -0.2) is 5.48 Å². The molecule has 0 bridgehead atoms. The summed E-state index contributed by atoms with van der Waals surface area (Å²) in [5.41, 5.74) is 5.28. The minimum atomic E-state index is -0.203. The van der Waals surface area contributed by atoms with E-state index in [-0.39, 0.29) is 5.91 Å². The molecule has 0 aromatic heterocycles. The van der Waals surface area contributed by atoms with E-state index in [1.54, 1.807) is 6.07 Å². The quantitative estimate of drug-likeness (QED) is 0.718. The van der Waals surface area contributed by atoms with Crippen molar-refractivity contribution in [2.75, 3.05) is 19.0 Å². The van der Waals surface area contributed by atoms with Gasteiger partial charge in [0.25, 0.3) is 5.91 Å². The van der Waals surface area contributed by atoms with Crippen LogP contribution in [0.4, 0.5) is 5.69 Å². The lowest BCUT2D eigenvalue weighted by Crippen LogP contribution is -2.22. The van der Waals surface area contributed by atoms with Gasteiger partial charge in [0.2, 0.25) is 0 Å². The second kappa shape index (κ2) is 4.31. The average Bonchev–Trinajstić information content (AvgIpc) is 2.29. The molecule has 2 N–H and O–H groups in total. The molecule has 80 valence electrons. The Bertz CT molecular complexity index is 377. The maximum absolute atomic E-state index is 11.5. The van der Waals surface area contributed by atoms with Crippen LogP contribution in [-0.4, -0.2) is 19.6 Å². The molecular weight excluding hydrogens is 192 g/mol. The van der Waals surface area contributed by atoms with Gasteiger partial charge in [0.05, 0.1) is 7.11 Å². The smallest absolute Gasteiger partial charge is 0.274 e. The van der Waals surface area contributed by atoms with Crippen LogP contribution in [0.25, 0.3) is 0 Å². The number of anilines is 1. The minimum Gasteiger partial charge on any atom is -0.385 e. The van der Waals surface area contributed by atoms with Gasteiger partial charge in [-0.2, -0.15) is 0 Å². The fourth-order valence-corrected chi connectivity index (χ4v) is 1.77. The van der Waals surface area contributed by atoms with E-state index in [1.807, 2.05) is 12.1 Å². The van der Waals surface area contributed by atoms with E-state index in [4.69, 9.17) is 0 Å². The molecule has 0 saturated heterocycles. The lowest BCUT2D eigenvalue weighted by atomic mass is 10.0. The van der Waals surface area contributed by atoms with Crippen molar-refractivity contribution >= 4 is 11.6 Å². The first-order chi connectivity index (χ1) is 7.31. The summed E-state index contributed by atoms with van der Waals surface area (Å²) >= 11 is 0. The van der Waals surface area contributed by atoms with Crippen molar-refractivity contribution in [1.29, 1.82) is 0 Å². The van der Waals surface area contributed by atoms with Crippen LogP contribution < -0.4 is 10.8 Å². The number of nitrogens with one attached hydrogen (secondary N) is 2. The molecule has 1 aromatic carbocycles. The monoisotopic (exact) mass is 206 g/mol. The van der Waals surface area contributed by atoms with Crippen molar-refractivity contribution in [1.82, 2.24) is 5.48 Å². The summed E-state index contributed by atoms with van der Waals surface area (Å²) in [6.45, 7) is 1.01. The number of carbonyl (C=O) groups excluding carboxylic acids is 1. The van der Waals surface area contributed by atoms with E-state index < -0.39 is 0 Å². The number of hydrogen-bond acceptors (Lipinski definition) is 3. The van der Waals surface area contributed by atoms with Gasteiger partial charge in [-0.15, -0.1) is 0 Å². The molecule has 15 heavy (non-hydrogen) atoms. The first kappa shape index (κ1) is 9.98. The summed E-state index contributed by atoms with van der Waals surface area (Å²) in [5, 5.41) is 3.30. The van der Waals surface area contributed by atoms with Gasteiger partial charge in [0, 0.05) is 17.8 Å². The maximum Gasteiger partial charge on any atom is 0.274 e. The molecule has 0 unspecified atom stereocenters. The Labute approximate surface area is 88.6 Å². The highest BCUT2D eigenvalue weighted by Crippen LogP contribution is 2.22. The molecule has 1 aliphatic heterocycles. The highest BCUT2D eigenvalue weighted by atomic mass is 16.6. The van der Waals surface area contributed by atoms with E-state index in [2.05, 4.69) is 15.6 Å². The summed E-state index contributed by atoms with van der Waals surface area (Å²) in [6.07, 6.45) is 2.14. The topological polar surface area (TPSA) is 50.4 Å². The van der Waals surface area contributed by atoms with Crippen LogP contribution in [0.3, 0.4) is 0 Å². The second-order valence-corrected chi connectivity index (χ2v) is 3.54. The van der Waals surface area contributed by atoms with E-state index in [1.165, 1.54) is 12.7 Å².